The third-order valence-electron chi connectivity index (χ3n) is 3.18. The van der Waals surface area contributed by atoms with Gasteiger partial charge in [-0.3, -0.25) is 4.79 Å². The summed E-state index contributed by atoms with van der Waals surface area (Å²) in [7, 11) is 0. The highest BCUT2D eigenvalue weighted by Gasteiger charge is 2.19. The summed E-state index contributed by atoms with van der Waals surface area (Å²) in [5.74, 6) is 0.191. The normalized spacial score (nSPS) is 22.0. The van der Waals surface area contributed by atoms with Gasteiger partial charge in [0.05, 0.1) is 0 Å². The van der Waals surface area contributed by atoms with Gasteiger partial charge in [-0.15, -0.1) is 0 Å². The van der Waals surface area contributed by atoms with Gasteiger partial charge in [0.2, 0.25) is 5.91 Å². The number of rotatable bonds is 6. The molecule has 0 aromatic rings. The lowest BCUT2D eigenvalue weighted by Crippen LogP contribution is -2.47. The molecule has 0 aromatic heterocycles. The minimum absolute atomic E-state index is 0.191. The molecular formula is C12H25N3O. The first-order chi connectivity index (χ1) is 7.76. The number of unbranched alkanes of at least 4 members (excludes halogenated alkanes) is 1. The maximum atomic E-state index is 11.6. The van der Waals surface area contributed by atoms with Crippen LogP contribution in [0.2, 0.25) is 0 Å². The Morgan fingerprint density at radius 2 is 2.31 bits per heavy atom. The van der Waals surface area contributed by atoms with Crippen LogP contribution in [-0.4, -0.2) is 43.0 Å². The SMILES string of the molecule is CCN1CCCC(NC(=O)CCCCN)C1. The fourth-order valence-corrected chi connectivity index (χ4v) is 2.19. The molecule has 3 N–H and O–H groups in total. The van der Waals surface area contributed by atoms with Crippen LogP contribution in [0.4, 0.5) is 0 Å². The van der Waals surface area contributed by atoms with Crippen LogP contribution in [0.5, 0.6) is 0 Å². The summed E-state index contributed by atoms with van der Waals surface area (Å²) in [4.78, 5) is 14.0. The van der Waals surface area contributed by atoms with E-state index in [1.54, 1.807) is 0 Å². The Balaban J connectivity index is 2.17. The highest BCUT2D eigenvalue weighted by Crippen LogP contribution is 2.09. The van der Waals surface area contributed by atoms with Crippen molar-refractivity contribution in [2.24, 2.45) is 5.73 Å². The Bertz CT molecular complexity index is 208. The van der Waals surface area contributed by atoms with Gasteiger partial charge in [-0.2, -0.15) is 0 Å². The third-order valence-corrected chi connectivity index (χ3v) is 3.18. The number of nitrogens with two attached hydrogens (primary N) is 1. The van der Waals surface area contributed by atoms with E-state index in [-0.39, 0.29) is 5.91 Å². The van der Waals surface area contributed by atoms with Crippen molar-refractivity contribution in [2.75, 3.05) is 26.2 Å². The number of likely N-dealkylation sites (tertiary alicyclic amines) is 1. The fourth-order valence-electron chi connectivity index (χ4n) is 2.19. The maximum Gasteiger partial charge on any atom is 0.220 e. The highest BCUT2D eigenvalue weighted by atomic mass is 16.1. The van der Waals surface area contributed by atoms with E-state index in [9.17, 15) is 4.79 Å². The lowest BCUT2D eigenvalue weighted by Gasteiger charge is -2.32. The Morgan fingerprint density at radius 1 is 1.50 bits per heavy atom. The number of nitrogens with one attached hydrogen (secondary N) is 1. The van der Waals surface area contributed by atoms with E-state index in [1.165, 1.54) is 13.0 Å². The molecule has 0 spiro atoms. The van der Waals surface area contributed by atoms with E-state index >= 15 is 0 Å². The summed E-state index contributed by atoms with van der Waals surface area (Å²) < 4.78 is 0. The molecule has 4 nitrogen and oxygen atoms in total. The first-order valence-electron chi connectivity index (χ1n) is 6.48. The molecule has 1 unspecified atom stereocenters. The van der Waals surface area contributed by atoms with Crippen molar-refractivity contribution in [3.63, 3.8) is 0 Å². The molecule has 1 atom stereocenters. The minimum Gasteiger partial charge on any atom is -0.352 e. The van der Waals surface area contributed by atoms with Crippen molar-refractivity contribution in [1.29, 1.82) is 0 Å². The zero-order chi connectivity index (χ0) is 11.8. The topological polar surface area (TPSA) is 58.4 Å². The second kappa shape index (κ2) is 7.63. The molecule has 1 fully saturated rings. The maximum absolute atomic E-state index is 11.6. The quantitative estimate of drug-likeness (QED) is 0.657. The Morgan fingerprint density at radius 3 is 3.00 bits per heavy atom. The van der Waals surface area contributed by atoms with Gasteiger partial charge in [0.15, 0.2) is 0 Å². The van der Waals surface area contributed by atoms with Crippen LogP contribution in [0.1, 0.15) is 39.0 Å². The van der Waals surface area contributed by atoms with Gasteiger partial charge >= 0.3 is 0 Å². The first-order valence-corrected chi connectivity index (χ1v) is 6.48. The zero-order valence-electron chi connectivity index (χ0n) is 10.4. The Hall–Kier alpha value is -0.610. The summed E-state index contributed by atoms with van der Waals surface area (Å²) in [5, 5.41) is 3.12. The summed E-state index contributed by atoms with van der Waals surface area (Å²) in [6.07, 6.45) is 4.80. The molecule has 4 heteroatoms. The lowest BCUT2D eigenvalue weighted by molar-refractivity contribution is -0.122. The van der Waals surface area contributed by atoms with Gasteiger partial charge in [-0.25, -0.2) is 0 Å². The van der Waals surface area contributed by atoms with Crippen molar-refractivity contribution in [1.82, 2.24) is 10.2 Å². The molecular weight excluding hydrogens is 202 g/mol. The van der Waals surface area contributed by atoms with Crippen LogP contribution in [0.3, 0.4) is 0 Å². The molecule has 1 heterocycles. The number of nitrogens with zero attached hydrogens (tertiary/aromatic N) is 1. The van der Waals surface area contributed by atoms with Gasteiger partial charge in [0, 0.05) is 19.0 Å². The zero-order valence-corrected chi connectivity index (χ0v) is 10.4. The number of hydrogen-bond acceptors (Lipinski definition) is 3. The number of amides is 1. The van der Waals surface area contributed by atoms with E-state index in [2.05, 4.69) is 17.1 Å². The fraction of sp³-hybridized carbons (Fsp3) is 0.917. The van der Waals surface area contributed by atoms with Crippen LogP contribution in [0.25, 0.3) is 0 Å². The number of carbonyl (C=O) groups is 1. The predicted molar refractivity (Wildman–Crippen MR) is 66.2 cm³/mol. The monoisotopic (exact) mass is 227 g/mol. The van der Waals surface area contributed by atoms with E-state index < -0.39 is 0 Å². The van der Waals surface area contributed by atoms with Gasteiger partial charge in [-0.1, -0.05) is 6.92 Å². The molecule has 94 valence electrons. The smallest absolute Gasteiger partial charge is 0.220 e. The summed E-state index contributed by atoms with van der Waals surface area (Å²) in [6.45, 7) is 6.13. The molecule has 0 bridgehead atoms. The molecule has 1 rings (SSSR count). The van der Waals surface area contributed by atoms with E-state index in [1.807, 2.05) is 0 Å². The van der Waals surface area contributed by atoms with Crippen molar-refractivity contribution in [3.8, 4) is 0 Å². The standard InChI is InChI=1S/C12H25N3O/c1-2-15-9-5-6-11(10-15)14-12(16)7-3-4-8-13/h11H,2-10,13H2,1H3,(H,14,16). The van der Waals surface area contributed by atoms with Gasteiger partial charge in [-0.05, 0) is 45.3 Å². The summed E-state index contributed by atoms with van der Waals surface area (Å²) in [5.41, 5.74) is 5.40. The van der Waals surface area contributed by atoms with Crippen molar-refractivity contribution in [2.45, 2.75) is 45.1 Å². The summed E-state index contributed by atoms with van der Waals surface area (Å²) in [6, 6.07) is 0.360. The Kier molecular flexibility index (Phi) is 6.42. The second-order valence-electron chi connectivity index (χ2n) is 4.55. The highest BCUT2D eigenvalue weighted by molar-refractivity contribution is 5.76. The van der Waals surface area contributed by atoms with E-state index in [0.29, 0.717) is 19.0 Å². The molecule has 0 saturated carbocycles. The van der Waals surface area contributed by atoms with Crippen LogP contribution in [-0.2, 0) is 4.79 Å². The number of likely N-dealkylation sites (N-methyl/N-ethyl adjacent to an activating group) is 1. The molecule has 0 aromatic carbocycles. The summed E-state index contributed by atoms with van der Waals surface area (Å²) >= 11 is 0. The lowest BCUT2D eigenvalue weighted by atomic mass is 10.1. The number of piperidine rings is 1. The van der Waals surface area contributed by atoms with Crippen LogP contribution >= 0.6 is 0 Å². The van der Waals surface area contributed by atoms with Gasteiger partial charge in [0.25, 0.3) is 0 Å². The molecule has 1 saturated heterocycles. The van der Waals surface area contributed by atoms with Gasteiger partial charge in [0.1, 0.15) is 0 Å². The molecule has 1 aliphatic heterocycles. The Labute approximate surface area is 98.6 Å². The second-order valence-corrected chi connectivity index (χ2v) is 4.55. The number of hydrogen-bond donors (Lipinski definition) is 2. The van der Waals surface area contributed by atoms with Crippen molar-refractivity contribution >= 4 is 5.91 Å². The predicted octanol–water partition coefficient (Wildman–Crippen LogP) is 0.716. The molecule has 1 aliphatic rings. The van der Waals surface area contributed by atoms with E-state index in [0.717, 1.165) is 32.4 Å². The first kappa shape index (κ1) is 13.5. The largest absolute Gasteiger partial charge is 0.352 e. The molecule has 1 amide bonds. The molecule has 16 heavy (non-hydrogen) atoms. The van der Waals surface area contributed by atoms with Crippen molar-refractivity contribution < 1.29 is 4.79 Å². The van der Waals surface area contributed by atoms with Gasteiger partial charge < -0.3 is 16.0 Å². The molecule has 0 aliphatic carbocycles. The number of carbonyl (C=O) groups excluding carboxylic acids is 1. The average molecular weight is 227 g/mol. The van der Waals surface area contributed by atoms with E-state index in [4.69, 9.17) is 5.73 Å². The van der Waals surface area contributed by atoms with Crippen LogP contribution < -0.4 is 11.1 Å². The van der Waals surface area contributed by atoms with Crippen molar-refractivity contribution in [3.05, 3.63) is 0 Å². The van der Waals surface area contributed by atoms with Crippen LogP contribution in [0.15, 0.2) is 0 Å². The molecule has 0 radical (unpaired) electrons. The minimum atomic E-state index is 0.191. The third kappa shape index (κ3) is 4.94. The van der Waals surface area contributed by atoms with Crippen LogP contribution in [0, 0.1) is 0 Å². The average Bonchev–Trinajstić information content (AvgIpc) is 2.29.